The fraction of sp³-hybridized carbons (Fsp3) is 0.342. The number of phenols is 1. The van der Waals surface area contributed by atoms with Crippen LogP contribution in [-0.4, -0.2) is 24.2 Å². The number of pyridine rings is 1. The number of phenolic OH excluding ortho intramolecular Hbond substituents is 1. The van der Waals surface area contributed by atoms with Crippen molar-refractivity contribution in [2.75, 3.05) is 0 Å². The van der Waals surface area contributed by atoms with Gasteiger partial charge in [0, 0.05) is 64.8 Å². The van der Waals surface area contributed by atoms with Gasteiger partial charge in [-0.05, 0) is 144 Å². The third-order valence-electron chi connectivity index (χ3n) is 15.7. The van der Waals surface area contributed by atoms with Crippen LogP contribution in [0.5, 0.6) is 5.75 Å². The first kappa shape index (κ1) is 53.1. The van der Waals surface area contributed by atoms with Crippen molar-refractivity contribution < 1.29 is 30.3 Å². The van der Waals surface area contributed by atoms with Crippen molar-refractivity contribution in [3.8, 4) is 62.0 Å². The standard InChI is InChI=1S/C73H81N4O.Pt/c1-44-31-46(56-24-22-25-63-65(56)75-67(57-23-20-21-26-64(57)78)77(63)55-39-51(71(11,12)13)36-52(40-55)72(14,15)16)33-47(32-44)61-34-45(29-30-74-61)58-42-53(73(17,18)19)43-60-59-41-48(68(2,3)4)27-28-62(59)76(66(58)60)54-37-49(69(5,6)7)35-50(38-54)70(8,9)10;/h20-32,34-43,78H,1-19H3;/q-1;/i1D3;. The molecule has 5 nitrogen and oxygen atoms in total. The van der Waals surface area contributed by atoms with Crippen LogP contribution in [0.2, 0.25) is 0 Å². The second-order valence-corrected chi connectivity index (χ2v) is 28.1. The average molecular weight is 1230 g/mol. The summed E-state index contributed by atoms with van der Waals surface area (Å²) >= 11 is 0. The summed E-state index contributed by atoms with van der Waals surface area (Å²) in [4.78, 5) is 10.5. The molecule has 1 N–H and O–H groups in total. The van der Waals surface area contributed by atoms with Gasteiger partial charge < -0.3 is 9.67 Å². The Balaban J connectivity index is 0.00000810. The molecule has 410 valence electrons. The summed E-state index contributed by atoms with van der Waals surface area (Å²) in [6.45, 7) is 38.3. The van der Waals surface area contributed by atoms with Crippen LogP contribution in [0.1, 0.15) is 168 Å². The van der Waals surface area contributed by atoms with Gasteiger partial charge in [-0.3, -0.25) is 9.55 Å². The summed E-state index contributed by atoms with van der Waals surface area (Å²) in [5.74, 6) is 0.676. The molecule has 0 amide bonds. The van der Waals surface area contributed by atoms with Gasteiger partial charge in [0.05, 0.1) is 27.6 Å². The largest absolute Gasteiger partial charge is 0.507 e. The van der Waals surface area contributed by atoms with Gasteiger partial charge in [-0.15, -0.1) is 29.3 Å². The molecule has 0 unspecified atom stereocenters. The number of para-hydroxylation sites is 2. The fourth-order valence-corrected chi connectivity index (χ4v) is 10.8. The van der Waals surface area contributed by atoms with E-state index in [1.165, 1.54) is 44.2 Å². The minimum absolute atomic E-state index is 0. The summed E-state index contributed by atoms with van der Waals surface area (Å²) < 4.78 is 31.3. The zero-order valence-electron chi connectivity index (χ0n) is 52.8. The van der Waals surface area contributed by atoms with Crippen molar-refractivity contribution in [1.29, 1.82) is 0 Å². The van der Waals surface area contributed by atoms with Crippen molar-refractivity contribution in [2.45, 2.75) is 164 Å². The van der Waals surface area contributed by atoms with E-state index >= 15 is 0 Å². The number of aryl methyl sites for hydroxylation is 1. The SMILES string of the molecule is [2H]C([2H])([2H])c1cc(-c2cc(-c3cc(C(C)(C)C)cc4c5cc(C(C)(C)C)ccc5n(-c5cc(C(C)(C)C)cc(C(C)(C)C)c5)c34)ccn2)[c-]c(-c2cccc3c2nc(-c2ccccc2O)n3-c2cc(C(C)(C)C)cc(C(C)(C)C)c2)c1.[Pt]. The molecule has 7 aromatic carbocycles. The molecule has 3 aromatic heterocycles. The van der Waals surface area contributed by atoms with Crippen molar-refractivity contribution in [3.05, 3.63) is 185 Å². The Bertz CT molecular complexity index is 4050. The number of nitrogens with zero attached hydrogens (tertiary/aromatic N) is 4. The molecule has 79 heavy (non-hydrogen) atoms. The molecule has 0 aliphatic carbocycles. The number of fused-ring (bicyclic) bond motifs is 4. The molecule has 0 atom stereocenters. The van der Waals surface area contributed by atoms with E-state index in [0.717, 1.165) is 39.1 Å². The fourth-order valence-electron chi connectivity index (χ4n) is 10.8. The third-order valence-corrected chi connectivity index (χ3v) is 15.7. The van der Waals surface area contributed by atoms with Crippen LogP contribution in [0.15, 0.2) is 140 Å². The minimum Gasteiger partial charge on any atom is -0.507 e. The van der Waals surface area contributed by atoms with E-state index in [1.54, 1.807) is 18.2 Å². The maximum absolute atomic E-state index is 11.5. The molecule has 0 fully saturated rings. The van der Waals surface area contributed by atoms with Crippen LogP contribution in [0, 0.1) is 12.9 Å². The molecular formula is C73H81N4OPt-. The molecule has 3 heterocycles. The Kier molecular flexibility index (Phi) is 13.4. The van der Waals surface area contributed by atoms with Gasteiger partial charge in [-0.2, -0.15) is 0 Å². The van der Waals surface area contributed by atoms with E-state index in [0.29, 0.717) is 39.3 Å². The Morgan fingerprint density at radius 1 is 0.456 bits per heavy atom. The topological polar surface area (TPSA) is 55.9 Å². The van der Waals surface area contributed by atoms with Crippen molar-refractivity contribution >= 4 is 32.8 Å². The Labute approximate surface area is 490 Å². The molecule has 0 aliphatic heterocycles. The molecule has 6 heteroatoms. The molecule has 10 aromatic rings. The first-order chi connectivity index (χ1) is 37.5. The predicted octanol–water partition coefficient (Wildman–Crippen LogP) is 19.8. The number of aromatic nitrogens is 4. The molecule has 0 radical (unpaired) electrons. The van der Waals surface area contributed by atoms with Crippen LogP contribution in [-0.2, 0) is 53.6 Å². The second kappa shape index (κ2) is 19.9. The van der Waals surface area contributed by atoms with Gasteiger partial charge in [0.1, 0.15) is 11.6 Å². The number of hydrogen-bond acceptors (Lipinski definition) is 3. The van der Waals surface area contributed by atoms with E-state index < -0.39 is 6.85 Å². The van der Waals surface area contributed by atoms with Crippen molar-refractivity contribution in [1.82, 2.24) is 19.1 Å². The van der Waals surface area contributed by atoms with Gasteiger partial charge >= 0.3 is 0 Å². The van der Waals surface area contributed by atoms with Crippen LogP contribution in [0.25, 0.3) is 89.1 Å². The van der Waals surface area contributed by atoms with Crippen molar-refractivity contribution in [3.63, 3.8) is 0 Å². The molecule has 0 bridgehead atoms. The van der Waals surface area contributed by atoms with Crippen LogP contribution in [0.4, 0.5) is 0 Å². The smallest absolute Gasteiger partial charge is 0.148 e. The average Bonchev–Trinajstić information content (AvgIpc) is 4.05. The first-order valence-electron chi connectivity index (χ1n) is 29.3. The Morgan fingerprint density at radius 3 is 1.53 bits per heavy atom. The zero-order valence-corrected chi connectivity index (χ0v) is 52.1. The third kappa shape index (κ3) is 10.9. The van der Waals surface area contributed by atoms with E-state index in [4.69, 9.17) is 14.1 Å². The molecule has 0 saturated heterocycles. The number of aromatic hydroxyl groups is 1. The monoisotopic (exact) mass is 1230 g/mol. The number of benzene rings is 7. The van der Waals surface area contributed by atoms with Gasteiger partial charge in [0.2, 0.25) is 0 Å². The molecule has 0 aliphatic rings. The van der Waals surface area contributed by atoms with Crippen LogP contribution >= 0.6 is 0 Å². The molecule has 0 saturated carbocycles. The molecule has 0 spiro atoms. The maximum atomic E-state index is 11.5. The van der Waals surface area contributed by atoms with E-state index in [2.05, 4.69) is 219 Å². The summed E-state index contributed by atoms with van der Waals surface area (Å²) in [5, 5.41) is 13.9. The van der Waals surface area contributed by atoms with Gasteiger partial charge in [0.15, 0.2) is 0 Å². The molecule has 10 rings (SSSR count). The Hall–Kier alpha value is -6.55. The predicted molar refractivity (Wildman–Crippen MR) is 332 cm³/mol. The van der Waals surface area contributed by atoms with Crippen LogP contribution < -0.4 is 0 Å². The quantitative estimate of drug-likeness (QED) is 0.169. The second-order valence-electron chi connectivity index (χ2n) is 28.1. The summed E-state index contributed by atoms with van der Waals surface area (Å²) in [6.07, 6.45) is 1.84. The van der Waals surface area contributed by atoms with Gasteiger partial charge in [0.25, 0.3) is 0 Å². The normalized spacial score (nSPS) is 13.7. The minimum atomic E-state index is -2.46. The Morgan fingerprint density at radius 2 is 0.975 bits per heavy atom. The number of hydrogen-bond donors (Lipinski definition) is 1. The van der Waals surface area contributed by atoms with Gasteiger partial charge in [-0.25, -0.2) is 4.98 Å². The summed E-state index contributed by atoms with van der Waals surface area (Å²) in [6, 6.07) is 50.3. The number of imidazole rings is 1. The van der Waals surface area contributed by atoms with Crippen molar-refractivity contribution in [2.24, 2.45) is 0 Å². The van der Waals surface area contributed by atoms with Gasteiger partial charge in [-0.1, -0.05) is 191 Å². The summed E-state index contributed by atoms with van der Waals surface area (Å²) in [7, 11) is 0. The number of rotatable bonds is 6. The van der Waals surface area contributed by atoms with E-state index in [1.807, 2.05) is 42.6 Å². The first-order valence-corrected chi connectivity index (χ1v) is 27.8. The zero-order chi connectivity index (χ0) is 58.9. The summed E-state index contributed by atoms with van der Waals surface area (Å²) in [5.41, 5.74) is 17.4. The van der Waals surface area contributed by atoms with Crippen LogP contribution in [0.3, 0.4) is 0 Å². The maximum Gasteiger partial charge on any atom is 0.148 e. The molecular weight excluding hydrogens is 1140 g/mol. The van der Waals surface area contributed by atoms with E-state index in [-0.39, 0.29) is 64.9 Å². The van der Waals surface area contributed by atoms with E-state index in [9.17, 15) is 5.11 Å².